The summed E-state index contributed by atoms with van der Waals surface area (Å²) < 4.78 is 0. The van der Waals surface area contributed by atoms with Crippen molar-refractivity contribution in [2.24, 2.45) is 11.8 Å². The molecule has 3 saturated heterocycles. The molecule has 2 bridgehead atoms. The van der Waals surface area contributed by atoms with Crippen molar-refractivity contribution >= 4 is 5.82 Å². The molecule has 0 saturated carbocycles. The van der Waals surface area contributed by atoms with E-state index >= 15 is 0 Å². The number of rotatable bonds is 2. The van der Waals surface area contributed by atoms with Gasteiger partial charge in [0.15, 0.2) is 0 Å². The molecule has 0 amide bonds. The second kappa shape index (κ2) is 6.98. The maximum absolute atomic E-state index is 9.48. The number of piperidine rings is 3. The largest absolute Gasteiger partial charge is 0.355 e. The average Bonchev–Trinajstić information content (AvgIpc) is 2.74. The smallest absolute Gasteiger partial charge is 0.146 e. The minimum absolute atomic E-state index is 0.575. The highest BCUT2D eigenvalue weighted by atomic mass is 15.3. The lowest BCUT2D eigenvalue weighted by molar-refractivity contribution is -0.0200. The summed E-state index contributed by atoms with van der Waals surface area (Å²) in [6.07, 6.45) is 7.05. The van der Waals surface area contributed by atoms with E-state index in [9.17, 15) is 5.26 Å². The third-order valence-corrected chi connectivity index (χ3v) is 6.78. The molecule has 5 rings (SSSR count). The van der Waals surface area contributed by atoms with Crippen LogP contribution in [0.25, 0.3) is 0 Å². The topological polar surface area (TPSA) is 43.2 Å². The van der Waals surface area contributed by atoms with Gasteiger partial charge in [-0.3, -0.25) is 4.90 Å². The molecule has 0 unspecified atom stereocenters. The van der Waals surface area contributed by atoms with Crippen LogP contribution in [0.1, 0.15) is 42.9 Å². The molecule has 27 heavy (non-hydrogen) atoms. The van der Waals surface area contributed by atoms with Gasteiger partial charge in [0.2, 0.25) is 0 Å². The van der Waals surface area contributed by atoms with E-state index in [0.29, 0.717) is 29.5 Å². The molecule has 138 valence electrons. The summed E-state index contributed by atoms with van der Waals surface area (Å²) in [7, 11) is 0. The van der Waals surface area contributed by atoms with Gasteiger partial charge in [0, 0.05) is 37.9 Å². The van der Waals surface area contributed by atoms with Gasteiger partial charge in [0.05, 0.1) is 5.56 Å². The Morgan fingerprint density at radius 3 is 2.74 bits per heavy atom. The van der Waals surface area contributed by atoms with E-state index in [2.05, 4.69) is 51.2 Å². The number of hydrogen-bond acceptors (Lipinski definition) is 4. The lowest BCUT2D eigenvalue weighted by atomic mass is 9.74. The van der Waals surface area contributed by atoms with E-state index in [1.165, 1.54) is 37.8 Å². The molecular formula is C23H26N4. The molecule has 3 aliphatic rings. The van der Waals surface area contributed by atoms with Crippen LogP contribution in [0.3, 0.4) is 0 Å². The highest BCUT2D eigenvalue weighted by Gasteiger charge is 2.45. The summed E-state index contributed by atoms with van der Waals surface area (Å²) in [5.74, 6) is 2.23. The average molecular weight is 358 g/mol. The first-order valence-corrected chi connectivity index (χ1v) is 10.2. The quantitative estimate of drug-likeness (QED) is 0.814. The predicted octanol–water partition coefficient (Wildman–Crippen LogP) is 4.01. The van der Waals surface area contributed by atoms with Gasteiger partial charge in [-0.2, -0.15) is 5.26 Å². The lowest BCUT2D eigenvalue weighted by Crippen LogP contribution is -2.59. The highest BCUT2D eigenvalue weighted by molar-refractivity contribution is 5.54. The number of hydrogen-bond donors (Lipinski definition) is 0. The zero-order valence-corrected chi connectivity index (χ0v) is 15.7. The Labute approximate surface area is 161 Å². The molecule has 1 aromatic heterocycles. The minimum Gasteiger partial charge on any atom is -0.355 e. The SMILES string of the molecule is N#Cc1cccnc1N1C[C@@H]2C[C@H](C1)[C@@H]1CCC[C@H](c3ccccc3)N1C2. The van der Waals surface area contributed by atoms with Gasteiger partial charge < -0.3 is 4.90 Å². The fraction of sp³-hybridized carbons (Fsp3) is 0.478. The van der Waals surface area contributed by atoms with Crippen LogP contribution >= 0.6 is 0 Å². The van der Waals surface area contributed by atoms with Crippen molar-refractivity contribution in [2.45, 2.75) is 37.8 Å². The van der Waals surface area contributed by atoms with Gasteiger partial charge in [0.1, 0.15) is 11.9 Å². The van der Waals surface area contributed by atoms with Gasteiger partial charge in [-0.1, -0.05) is 30.3 Å². The second-order valence-corrected chi connectivity index (χ2v) is 8.37. The molecular weight excluding hydrogens is 332 g/mol. The van der Waals surface area contributed by atoms with Crippen LogP contribution in [0, 0.1) is 23.2 Å². The van der Waals surface area contributed by atoms with Gasteiger partial charge in [-0.15, -0.1) is 0 Å². The van der Waals surface area contributed by atoms with Crippen molar-refractivity contribution in [3.8, 4) is 6.07 Å². The molecule has 2 aromatic rings. The maximum atomic E-state index is 9.48. The number of nitrogens with zero attached hydrogens (tertiary/aromatic N) is 4. The summed E-state index contributed by atoms with van der Waals surface area (Å²) >= 11 is 0. The van der Waals surface area contributed by atoms with Crippen molar-refractivity contribution in [3.63, 3.8) is 0 Å². The Balaban J connectivity index is 1.41. The molecule has 4 nitrogen and oxygen atoms in total. The van der Waals surface area contributed by atoms with E-state index in [1.807, 2.05) is 18.3 Å². The van der Waals surface area contributed by atoms with Crippen molar-refractivity contribution < 1.29 is 0 Å². The molecule has 4 atom stereocenters. The number of fused-ring (bicyclic) bond motifs is 4. The number of pyridine rings is 1. The van der Waals surface area contributed by atoms with E-state index in [4.69, 9.17) is 0 Å². The molecule has 4 heteroatoms. The Bertz CT molecular complexity index is 843. The number of nitriles is 1. The molecule has 0 N–H and O–H groups in total. The van der Waals surface area contributed by atoms with Crippen LogP contribution < -0.4 is 4.90 Å². The van der Waals surface area contributed by atoms with Crippen molar-refractivity contribution in [1.82, 2.24) is 9.88 Å². The monoisotopic (exact) mass is 358 g/mol. The lowest BCUT2D eigenvalue weighted by Gasteiger charge is -2.55. The molecule has 3 fully saturated rings. The van der Waals surface area contributed by atoms with Crippen LogP contribution in [0.5, 0.6) is 0 Å². The molecule has 1 aromatic carbocycles. The second-order valence-electron chi connectivity index (χ2n) is 8.37. The summed E-state index contributed by atoms with van der Waals surface area (Å²) in [4.78, 5) is 9.76. The molecule has 0 spiro atoms. The fourth-order valence-corrected chi connectivity index (χ4v) is 5.75. The number of anilines is 1. The van der Waals surface area contributed by atoms with Gasteiger partial charge in [0.25, 0.3) is 0 Å². The minimum atomic E-state index is 0.575. The highest BCUT2D eigenvalue weighted by Crippen LogP contribution is 2.45. The Kier molecular flexibility index (Phi) is 4.33. The third kappa shape index (κ3) is 3.00. The Morgan fingerprint density at radius 2 is 1.89 bits per heavy atom. The Morgan fingerprint density at radius 1 is 1.00 bits per heavy atom. The van der Waals surface area contributed by atoms with Crippen LogP contribution in [0.4, 0.5) is 5.82 Å². The normalized spacial score (nSPS) is 30.4. The zero-order chi connectivity index (χ0) is 18.2. The van der Waals surface area contributed by atoms with Crippen molar-refractivity contribution in [2.75, 3.05) is 24.5 Å². The van der Waals surface area contributed by atoms with Gasteiger partial charge >= 0.3 is 0 Å². The van der Waals surface area contributed by atoms with E-state index in [1.54, 1.807) is 0 Å². The van der Waals surface area contributed by atoms with Gasteiger partial charge in [-0.25, -0.2) is 4.98 Å². The van der Waals surface area contributed by atoms with Gasteiger partial charge in [-0.05, 0) is 55.2 Å². The third-order valence-electron chi connectivity index (χ3n) is 6.78. The van der Waals surface area contributed by atoms with Crippen LogP contribution in [-0.2, 0) is 0 Å². The Hall–Kier alpha value is -2.38. The van der Waals surface area contributed by atoms with Crippen molar-refractivity contribution in [1.29, 1.82) is 5.26 Å². The zero-order valence-electron chi connectivity index (χ0n) is 15.7. The summed E-state index contributed by atoms with van der Waals surface area (Å²) in [6.45, 7) is 3.23. The van der Waals surface area contributed by atoms with Crippen LogP contribution in [0.15, 0.2) is 48.7 Å². The molecule has 4 heterocycles. The fourth-order valence-electron chi connectivity index (χ4n) is 5.75. The molecule has 0 radical (unpaired) electrons. The van der Waals surface area contributed by atoms with Crippen LogP contribution in [-0.4, -0.2) is 35.6 Å². The van der Waals surface area contributed by atoms with E-state index < -0.39 is 0 Å². The first kappa shape index (κ1) is 16.8. The molecule has 0 aliphatic carbocycles. The molecule has 3 aliphatic heterocycles. The first-order valence-electron chi connectivity index (χ1n) is 10.2. The van der Waals surface area contributed by atoms with Crippen LogP contribution in [0.2, 0.25) is 0 Å². The predicted molar refractivity (Wildman–Crippen MR) is 106 cm³/mol. The summed E-state index contributed by atoms with van der Waals surface area (Å²) in [5.41, 5.74) is 2.19. The summed E-state index contributed by atoms with van der Waals surface area (Å²) in [6, 6.07) is 18.4. The number of benzene rings is 1. The maximum Gasteiger partial charge on any atom is 0.146 e. The van der Waals surface area contributed by atoms with E-state index in [-0.39, 0.29) is 0 Å². The number of aromatic nitrogens is 1. The van der Waals surface area contributed by atoms with E-state index in [0.717, 1.165) is 18.9 Å². The first-order chi connectivity index (χ1) is 13.3. The van der Waals surface area contributed by atoms with Crippen molar-refractivity contribution in [3.05, 3.63) is 59.8 Å². The summed E-state index contributed by atoms with van der Waals surface area (Å²) in [5, 5.41) is 9.48. The standard InChI is InChI=1S/C23H26N4/c24-13-19-8-5-11-25-23(19)26-14-17-12-20(16-26)22-10-4-9-21(27(22)15-17)18-6-2-1-3-7-18/h1-3,5-8,11,17,20-22H,4,9-10,12,14-16H2/t17-,20+,21+,22-/m0/s1.